The van der Waals surface area contributed by atoms with Gasteiger partial charge in [-0.2, -0.15) is 0 Å². The Kier molecular flexibility index (Phi) is 2.60. The minimum absolute atomic E-state index is 0.343. The maximum absolute atomic E-state index is 11.1. The van der Waals surface area contributed by atoms with Crippen LogP contribution in [0.2, 0.25) is 5.02 Å². The number of benzene rings is 1. The number of halogens is 1. The first-order valence-corrected chi connectivity index (χ1v) is 5.30. The molecule has 0 heterocycles. The van der Waals surface area contributed by atoms with E-state index in [4.69, 9.17) is 11.6 Å². The van der Waals surface area contributed by atoms with Gasteiger partial charge in [0.15, 0.2) is 0 Å². The Morgan fingerprint density at radius 3 is 2.21 bits per heavy atom. The number of hydrogen-bond donors (Lipinski definition) is 0. The van der Waals surface area contributed by atoms with Crippen molar-refractivity contribution in [2.24, 2.45) is 0 Å². The van der Waals surface area contributed by atoms with Gasteiger partial charge < -0.3 is 0 Å². The predicted molar refractivity (Wildman–Crippen MR) is 57.3 cm³/mol. The van der Waals surface area contributed by atoms with Crippen LogP contribution in [0.1, 0.15) is 31.2 Å². The SMILES string of the molecule is O=[C]C1(c2ccc(Cl)cc2)CCCC1. The molecular formula is C12H12ClO. The summed E-state index contributed by atoms with van der Waals surface area (Å²) >= 11 is 5.81. The lowest BCUT2D eigenvalue weighted by atomic mass is 9.80. The Morgan fingerprint density at radius 2 is 1.71 bits per heavy atom. The van der Waals surface area contributed by atoms with Crippen molar-refractivity contribution in [3.05, 3.63) is 34.9 Å². The second-order valence-electron chi connectivity index (χ2n) is 3.90. The Labute approximate surface area is 89.1 Å². The van der Waals surface area contributed by atoms with Crippen LogP contribution < -0.4 is 0 Å². The molecule has 1 aromatic carbocycles. The summed E-state index contributed by atoms with van der Waals surface area (Å²) in [5, 5.41) is 0.716. The van der Waals surface area contributed by atoms with E-state index in [0.717, 1.165) is 31.2 Å². The summed E-state index contributed by atoms with van der Waals surface area (Å²) < 4.78 is 0. The first-order chi connectivity index (χ1) is 6.77. The van der Waals surface area contributed by atoms with Gasteiger partial charge in [0.1, 0.15) is 0 Å². The molecule has 0 unspecified atom stereocenters. The van der Waals surface area contributed by atoms with Gasteiger partial charge in [-0.15, -0.1) is 0 Å². The quantitative estimate of drug-likeness (QED) is 0.728. The third kappa shape index (κ3) is 1.57. The first-order valence-electron chi connectivity index (χ1n) is 4.92. The first kappa shape index (κ1) is 9.72. The molecule has 1 aliphatic rings. The second kappa shape index (κ2) is 3.74. The lowest BCUT2D eigenvalue weighted by Gasteiger charge is -2.21. The van der Waals surface area contributed by atoms with Gasteiger partial charge >= 0.3 is 0 Å². The van der Waals surface area contributed by atoms with Crippen LogP contribution in [-0.2, 0) is 10.2 Å². The average molecular weight is 208 g/mol. The molecule has 0 saturated heterocycles. The van der Waals surface area contributed by atoms with Gasteiger partial charge in [-0.3, -0.25) is 4.79 Å². The van der Waals surface area contributed by atoms with Crippen molar-refractivity contribution in [3.63, 3.8) is 0 Å². The van der Waals surface area contributed by atoms with Crippen molar-refractivity contribution in [1.29, 1.82) is 0 Å². The molecule has 1 saturated carbocycles. The van der Waals surface area contributed by atoms with Crippen molar-refractivity contribution in [2.45, 2.75) is 31.1 Å². The molecule has 0 amide bonds. The lowest BCUT2D eigenvalue weighted by molar-refractivity contribution is 0.489. The van der Waals surface area contributed by atoms with Crippen LogP contribution >= 0.6 is 11.6 Å². The molecule has 0 bridgehead atoms. The normalized spacial score (nSPS) is 19.5. The zero-order valence-electron chi connectivity index (χ0n) is 7.92. The van der Waals surface area contributed by atoms with Crippen LogP contribution in [0.5, 0.6) is 0 Å². The van der Waals surface area contributed by atoms with Crippen LogP contribution in [0.4, 0.5) is 0 Å². The van der Waals surface area contributed by atoms with Crippen molar-refractivity contribution in [3.8, 4) is 0 Å². The minimum atomic E-state index is -0.343. The lowest BCUT2D eigenvalue weighted by Crippen LogP contribution is -2.23. The number of rotatable bonds is 2. The molecule has 0 aromatic heterocycles. The van der Waals surface area contributed by atoms with Crippen LogP contribution in [0, 0.1) is 0 Å². The summed E-state index contributed by atoms with van der Waals surface area (Å²) in [4.78, 5) is 11.1. The van der Waals surface area contributed by atoms with E-state index >= 15 is 0 Å². The van der Waals surface area contributed by atoms with Crippen LogP contribution in [0.25, 0.3) is 0 Å². The van der Waals surface area contributed by atoms with Crippen molar-refractivity contribution < 1.29 is 4.79 Å². The summed E-state index contributed by atoms with van der Waals surface area (Å²) in [7, 11) is 0. The largest absolute Gasteiger partial charge is 0.290 e. The summed E-state index contributed by atoms with van der Waals surface area (Å²) in [6, 6.07) is 7.57. The van der Waals surface area contributed by atoms with E-state index in [9.17, 15) is 4.79 Å². The second-order valence-corrected chi connectivity index (χ2v) is 4.33. The Balaban J connectivity index is 2.36. The highest BCUT2D eigenvalue weighted by Gasteiger charge is 2.36. The van der Waals surface area contributed by atoms with Crippen molar-refractivity contribution >= 4 is 17.9 Å². The molecule has 0 N–H and O–H groups in total. The zero-order chi connectivity index (χ0) is 10.0. The molecule has 2 heteroatoms. The highest BCUT2D eigenvalue weighted by molar-refractivity contribution is 6.30. The zero-order valence-corrected chi connectivity index (χ0v) is 8.68. The fraction of sp³-hybridized carbons (Fsp3) is 0.417. The third-order valence-electron chi connectivity index (χ3n) is 3.05. The van der Waals surface area contributed by atoms with E-state index in [2.05, 4.69) is 6.29 Å². The Hall–Kier alpha value is -0.820. The number of carbonyl (C=O) groups excluding carboxylic acids is 1. The molecule has 1 aliphatic carbocycles. The molecular weight excluding hydrogens is 196 g/mol. The predicted octanol–water partition coefficient (Wildman–Crippen LogP) is 3.26. The van der Waals surface area contributed by atoms with E-state index < -0.39 is 0 Å². The smallest absolute Gasteiger partial charge is 0.209 e. The monoisotopic (exact) mass is 207 g/mol. The Morgan fingerprint density at radius 1 is 1.14 bits per heavy atom. The van der Waals surface area contributed by atoms with E-state index in [0.29, 0.717) is 5.02 Å². The van der Waals surface area contributed by atoms with Gasteiger partial charge in [0.25, 0.3) is 0 Å². The van der Waals surface area contributed by atoms with E-state index in [1.807, 2.05) is 24.3 Å². The van der Waals surface area contributed by atoms with Crippen LogP contribution in [-0.4, -0.2) is 6.29 Å². The highest BCUT2D eigenvalue weighted by Crippen LogP contribution is 2.39. The molecule has 1 aromatic rings. The van der Waals surface area contributed by atoms with Gasteiger partial charge in [0.05, 0.1) is 5.41 Å². The topological polar surface area (TPSA) is 17.1 Å². The maximum atomic E-state index is 11.1. The molecule has 1 radical (unpaired) electrons. The standard InChI is InChI=1S/C12H12ClO/c13-11-5-3-10(4-6-11)12(9-14)7-1-2-8-12/h3-6H,1-2,7-8H2. The fourth-order valence-corrected chi connectivity index (χ4v) is 2.32. The molecule has 1 fully saturated rings. The Bertz CT molecular complexity index is 323. The van der Waals surface area contributed by atoms with Gasteiger partial charge in [0, 0.05) is 5.02 Å². The van der Waals surface area contributed by atoms with Crippen LogP contribution in [0.15, 0.2) is 24.3 Å². The summed E-state index contributed by atoms with van der Waals surface area (Å²) in [5.74, 6) is 0. The third-order valence-corrected chi connectivity index (χ3v) is 3.30. The molecule has 73 valence electrons. The minimum Gasteiger partial charge on any atom is -0.290 e. The molecule has 0 aliphatic heterocycles. The number of hydrogen-bond acceptors (Lipinski definition) is 1. The van der Waals surface area contributed by atoms with Crippen LogP contribution in [0.3, 0.4) is 0 Å². The van der Waals surface area contributed by atoms with Crippen molar-refractivity contribution in [2.75, 3.05) is 0 Å². The summed E-state index contributed by atoms with van der Waals surface area (Å²) in [6.45, 7) is 0. The van der Waals surface area contributed by atoms with Crippen molar-refractivity contribution in [1.82, 2.24) is 0 Å². The van der Waals surface area contributed by atoms with E-state index in [-0.39, 0.29) is 5.41 Å². The van der Waals surface area contributed by atoms with Gasteiger partial charge in [-0.05, 0) is 30.5 Å². The fourth-order valence-electron chi connectivity index (χ4n) is 2.20. The van der Waals surface area contributed by atoms with E-state index in [1.165, 1.54) is 0 Å². The van der Waals surface area contributed by atoms with Gasteiger partial charge in [-0.25, -0.2) is 0 Å². The molecule has 0 spiro atoms. The summed E-state index contributed by atoms with van der Waals surface area (Å²) in [5.41, 5.74) is 0.722. The average Bonchev–Trinajstić information content (AvgIpc) is 2.68. The van der Waals surface area contributed by atoms with E-state index in [1.54, 1.807) is 0 Å². The molecule has 2 rings (SSSR count). The summed E-state index contributed by atoms with van der Waals surface area (Å²) in [6.07, 6.45) is 6.32. The molecule has 0 atom stereocenters. The highest BCUT2D eigenvalue weighted by atomic mass is 35.5. The maximum Gasteiger partial charge on any atom is 0.209 e. The molecule has 14 heavy (non-hydrogen) atoms. The molecule has 1 nitrogen and oxygen atoms in total. The van der Waals surface area contributed by atoms with Gasteiger partial charge in [-0.1, -0.05) is 36.6 Å². The van der Waals surface area contributed by atoms with Gasteiger partial charge in [0.2, 0.25) is 6.29 Å².